The SMILES string of the molecule is Cc1ccccc1-c1ccc(SCC(=O)Nc2ccc(Cl)cc2)nn1. The maximum atomic E-state index is 12.0. The molecule has 0 aliphatic carbocycles. The van der Waals surface area contributed by atoms with Gasteiger partial charge in [0, 0.05) is 16.3 Å². The fraction of sp³-hybridized carbons (Fsp3) is 0.105. The number of benzene rings is 2. The minimum absolute atomic E-state index is 0.0999. The second-order valence-corrected chi connectivity index (χ2v) is 6.85. The number of amides is 1. The van der Waals surface area contributed by atoms with Crippen molar-refractivity contribution in [1.29, 1.82) is 0 Å². The van der Waals surface area contributed by atoms with Gasteiger partial charge in [-0.05, 0) is 48.9 Å². The van der Waals surface area contributed by atoms with Gasteiger partial charge in [0.2, 0.25) is 5.91 Å². The summed E-state index contributed by atoms with van der Waals surface area (Å²) in [5, 5.41) is 12.6. The lowest BCUT2D eigenvalue weighted by Crippen LogP contribution is -2.14. The van der Waals surface area contributed by atoms with Gasteiger partial charge in [-0.2, -0.15) is 0 Å². The van der Waals surface area contributed by atoms with Crippen molar-refractivity contribution in [3.05, 3.63) is 71.2 Å². The van der Waals surface area contributed by atoms with E-state index >= 15 is 0 Å². The lowest BCUT2D eigenvalue weighted by molar-refractivity contribution is -0.113. The fourth-order valence-corrected chi connectivity index (χ4v) is 3.01. The van der Waals surface area contributed by atoms with Crippen LogP contribution in [0, 0.1) is 6.92 Å². The molecule has 1 amide bonds. The van der Waals surface area contributed by atoms with Crippen LogP contribution in [0.4, 0.5) is 5.69 Å². The summed E-state index contributed by atoms with van der Waals surface area (Å²) in [4.78, 5) is 12.0. The first kappa shape index (κ1) is 17.5. The highest BCUT2D eigenvalue weighted by atomic mass is 35.5. The molecule has 0 atom stereocenters. The molecule has 3 aromatic rings. The van der Waals surface area contributed by atoms with Gasteiger partial charge in [0.1, 0.15) is 5.03 Å². The molecule has 3 rings (SSSR count). The van der Waals surface area contributed by atoms with Crippen molar-refractivity contribution in [2.75, 3.05) is 11.1 Å². The smallest absolute Gasteiger partial charge is 0.234 e. The normalized spacial score (nSPS) is 10.5. The number of hydrogen-bond donors (Lipinski definition) is 1. The van der Waals surface area contributed by atoms with Gasteiger partial charge in [0.25, 0.3) is 0 Å². The molecule has 0 aliphatic rings. The number of thioether (sulfide) groups is 1. The highest BCUT2D eigenvalue weighted by Crippen LogP contribution is 2.22. The first-order valence-corrected chi connectivity index (χ1v) is 9.06. The third kappa shape index (κ3) is 4.81. The summed E-state index contributed by atoms with van der Waals surface area (Å²) >= 11 is 7.17. The fourth-order valence-electron chi connectivity index (χ4n) is 2.27. The second kappa shape index (κ2) is 8.14. The Hall–Kier alpha value is -2.37. The number of aryl methyl sites for hydroxylation is 1. The van der Waals surface area contributed by atoms with Gasteiger partial charge in [-0.15, -0.1) is 10.2 Å². The predicted molar refractivity (Wildman–Crippen MR) is 103 cm³/mol. The van der Waals surface area contributed by atoms with Crippen LogP contribution in [0.5, 0.6) is 0 Å². The quantitative estimate of drug-likeness (QED) is 0.654. The Morgan fingerprint density at radius 1 is 1.04 bits per heavy atom. The van der Waals surface area contributed by atoms with Gasteiger partial charge >= 0.3 is 0 Å². The largest absolute Gasteiger partial charge is 0.325 e. The Balaban J connectivity index is 1.57. The number of rotatable bonds is 5. The summed E-state index contributed by atoms with van der Waals surface area (Å²) in [6.07, 6.45) is 0. The van der Waals surface area contributed by atoms with E-state index in [2.05, 4.69) is 15.5 Å². The Kier molecular flexibility index (Phi) is 5.68. The van der Waals surface area contributed by atoms with Crippen LogP contribution < -0.4 is 5.32 Å². The van der Waals surface area contributed by atoms with Crippen molar-refractivity contribution >= 4 is 35.0 Å². The molecule has 126 valence electrons. The molecule has 0 aliphatic heterocycles. The van der Waals surface area contributed by atoms with Crippen LogP contribution in [0.25, 0.3) is 11.3 Å². The van der Waals surface area contributed by atoms with E-state index in [1.807, 2.05) is 43.3 Å². The predicted octanol–water partition coefficient (Wildman–Crippen LogP) is 4.84. The average Bonchev–Trinajstić information content (AvgIpc) is 2.63. The van der Waals surface area contributed by atoms with E-state index in [0.717, 1.165) is 22.5 Å². The van der Waals surface area contributed by atoms with Gasteiger partial charge in [-0.25, -0.2) is 0 Å². The highest BCUT2D eigenvalue weighted by molar-refractivity contribution is 7.99. The molecule has 0 bridgehead atoms. The van der Waals surface area contributed by atoms with Crippen molar-refractivity contribution in [3.8, 4) is 11.3 Å². The number of nitrogens with zero attached hydrogens (tertiary/aromatic N) is 2. The highest BCUT2D eigenvalue weighted by Gasteiger charge is 2.07. The van der Waals surface area contributed by atoms with Gasteiger partial charge in [-0.3, -0.25) is 4.79 Å². The Morgan fingerprint density at radius 3 is 2.48 bits per heavy atom. The van der Waals surface area contributed by atoms with Crippen LogP contribution >= 0.6 is 23.4 Å². The number of anilines is 1. The molecule has 6 heteroatoms. The zero-order chi connectivity index (χ0) is 17.6. The van der Waals surface area contributed by atoms with Crippen molar-refractivity contribution in [2.45, 2.75) is 11.9 Å². The van der Waals surface area contributed by atoms with Gasteiger partial charge < -0.3 is 5.32 Å². The number of halogens is 1. The minimum atomic E-state index is -0.0999. The molecular weight excluding hydrogens is 354 g/mol. The number of carbonyl (C=O) groups is 1. The first-order chi connectivity index (χ1) is 12.1. The van der Waals surface area contributed by atoms with Crippen molar-refractivity contribution in [2.24, 2.45) is 0 Å². The van der Waals surface area contributed by atoms with Crippen LogP contribution in [0.3, 0.4) is 0 Å². The van der Waals surface area contributed by atoms with Crippen LogP contribution in [-0.2, 0) is 4.79 Å². The molecule has 4 nitrogen and oxygen atoms in total. The third-order valence-corrected chi connectivity index (χ3v) is 4.71. The minimum Gasteiger partial charge on any atom is -0.325 e. The Labute approximate surface area is 155 Å². The zero-order valence-electron chi connectivity index (χ0n) is 13.6. The molecule has 0 saturated heterocycles. The molecule has 25 heavy (non-hydrogen) atoms. The number of hydrogen-bond acceptors (Lipinski definition) is 4. The zero-order valence-corrected chi connectivity index (χ0v) is 15.1. The van der Waals surface area contributed by atoms with E-state index in [1.54, 1.807) is 24.3 Å². The number of aromatic nitrogens is 2. The summed E-state index contributed by atoms with van der Waals surface area (Å²) in [5.41, 5.74) is 3.76. The summed E-state index contributed by atoms with van der Waals surface area (Å²) < 4.78 is 0. The molecular formula is C19H16ClN3OS. The van der Waals surface area contributed by atoms with Crippen molar-refractivity contribution < 1.29 is 4.79 Å². The molecule has 1 heterocycles. The van der Waals surface area contributed by atoms with Gasteiger partial charge in [0.15, 0.2) is 0 Å². The molecule has 0 radical (unpaired) electrons. The monoisotopic (exact) mass is 369 g/mol. The maximum absolute atomic E-state index is 12.0. The van der Waals surface area contributed by atoms with Crippen molar-refractivity contribution in [3.63, 3.8) is 0 Å². The molecule has 1 N–H and O–H groups in total. The Bertz CT molecular complexity index is 867. The van der Waals surface area contributed by atoms with Crippen LogP contribution in [-0.4, -0.2) is 21.9 Å². The van der Waals surface area contributed by atoms with E-state index in [0.29, 0.717) is 10.0 Å². The molecule has 1 aromatic heterocycles. The maximum Gasteiger partial charge on any atom is 0.234 e. The van der Waals surface area contributed by atoms with Gasteiger partial charge in [0.05, 0.1) is 11.4 Å². The summed E-state index contributed by atoms with van der Waals surface area (Å²) in [5.74, 6) is 0.165. The summed E-state index contributed by atoms with van der Waals surface area (Å²) in [6.45, 7) is 2.04. The third-order valence-electron chi connectivity index (χ3n) is 3.54. The average molecular weight is 370 g/mol. The molecule has 0 saturated carbocycles. The lowest BCUT2D eigenvalue weighted by Gasteiger charge is -2.06. The standard InChI is InChI=1S/C19H16ClN3OS/c1-13-4-2-3-5-16(13)17-10-11-19(23-22-17)25-12-18(24)21-15-8-6-14(20)7-9-15/h2-11H,12H2,1H3,(H,21,24). The van der Waals surface area contributed by atoms with E-state index in [4.69, 9.17) is 11.6 Å². The van der Waals surface area contributed by atoms with E-state index in [-0.39, 0.29) is 11.7 Å². The number of carbonyl (C=O) groups excluding carboxylic acids is 1. The molecule has 0 unspecified atom stereocenters. The lowest BCUT2D eigenvalue weighted by atomic mass is 10.1. The van der Waals surface area contributed by atoms with Crippen LogP contribution in [0.15, 0.2) is 65.7 Å². The van der Waals surface area contributed by atoms with E-state index in [1.165, 1.54) is 11.8 Å². The van der Waals surface area contributed by atoms with Crippen LogP contribution in [0.1, 0.15) is 5.56 Å². The molecule has 0 fully saturated rings. The topological polar surface area (TPSA) is 54.9 Å². The summed E-state index contributed by atoms with van der Waals surface area (Å²) in [7, 11) is 0. The van der Waals surface area contributed by atoms with E-state index < -0.39 is 0 Å². The number of nitrogens with one attached hydrogen (secondary N) is 1. The molecule has 0 spiro atoms. The van der Waals surface area contributed by atoms with E-state index in [9.17, 15) is 4.79 Å². The second-order valence-electron chi connectivity index (χ2n) is 5.42. The van der Waals surface area contributed by atoms with Crippen LogP contribution in [0.2, 0.25) is 5.02 Å². The van der Waals surface area contributed by atoms with Crippen molar-refractivity contribution in [1.82, 2.24) is 10.2 Å². The Morgan fingerprint density at radius 2 is 1.80 bits per heavy atom. The first-order valence-electron chi connectivity index (χ1n) is 7.70. The molecule has 2 aromatic carbocycles. The van der Waals surface area contributed by atoms with Gasteiger partial charge in [-0.1, -0.05) is 47.6 Å². The summed E-state index contributed by atoms with van der Waals surface area (Å²) in [6, 6.07) is 18.9.